The number of rotatable bonds is 5. The fourth-order valence-electron chi connectivity index (χ4n) is 0.691. The first kappa shape index (κ1) is 25.7. The van der Waals surface area contributed by atoms with Crippen molar-refractivity contribution < 1.29 is 111 Å². The summed E-state index contributed by atoms with van der Waals surface area (Å²) in [5.74, 6) is -5.57. The van der Waals surface area contributed by atoms with Crippen LogP contribution in [0.2, 0.25) is 0 Å². The van der Waals surface area contributed by atoms with Gasteiger partial charge in [0.05, 0.1) is 0 Å². The maximum Gasteiger partial charge on any atom is 1.00 e. The first-order chi connectivity index (χ1) is 5.78. The summed E-state index contributed by atoms with van der Waals surface area (Å²) < 4.78 is 0. The molecule has 0 aliphatic rings. The van der Waals surface area contributed by atoms with Crippen molar-refractivity contribution in [2.45, 2.75) is 18.4 Å². The molecule has 0 saturated heterocycles. The van der Waals surface area contributed by atoms with Gasteiger partial charge in [0.2, 0.25) is 0 Å². The minimum atomic E-state index is -3.05. The summed E-state index contributed by atoms with van der Waals surface area (Å²) in [4.78, 5) is 30.2. The third kappa shape index (κ3) is 10.1. The van der Waals surface area contributed by atoms with E-state index in [1.54, 1.807) is 0 Å². The van der Waals surface area contributed by atoms with Crippen LogP contribution in [-0.4, -0.2) is 33.7 Å². The van der Waals surface area contributed by atoms with Crippen molar-refractivity contribution in [2.24, 2.45) is 0 Å². The van der Waals surface area contributed by atoms with Crippen molar-refractivity contribution >= 4 is 17.9 Å². The topological polar surface area (TPSA) is 138 Å². The van der Waals surface area contributed by atoms with E-state index >= 15 is 0 Å². The Morgan fingerprint density at radius 3 is 1.62 bits per heavy atom. The molecule has 1 unspecified atom stereocenters. The van der Waals surface area contributed by atoms with Gasteiger partial charge in [-0.3, -0.25) is 9.59 Å². The Morgan fingerprint density at radius 1 is 1.06 bits per heavy atom. The minimum Gasteiger partial charge on any atom is -0.841 e. The summed E-state index contributed by atoms with van der Waals surface area (Å²) in [5, 5.41) is 37.4. The molecular weight excluding hydrogens is 294 g/mol. The summed E-state index contributed by atoms with van der Waals surface area (Å²) in [5.41, 5.74) is -3.05. The summed E-state index contributed by atoms with van der Waals surface area (Å²) in [6, 6.07) is 0. The first-order valence-corrected chi connectivity index (χ1v) is 3.13. The Bertz CT molecular complexity index is 241. The van der Waals surface area contributed by atoms with Crippen LogP contribution in [0.3, 0.4) is 0 Å². The molecule has 7 nitrogen and oxygen atoms in total. The summed E-state index contributed by atoms with van der Waals surface area (Å²) in [6.45, 7) is 0. The second-order valence-corrected chi connectivity index (χ2v) is 2.42. The van der Waals surface area contributed by atoms with Gasteiger partial charge in [-0.15, -0.1) is 0 Å². The van der Waals surface area contributed by atoms with Crippen LogP contribution in [0.25, 0.3) is 0 Å². The van der Waals surface area contributed by atoms with Gasteiger partial charge in [0.15, 0.2) is 0 Å². The summed E-state index contributed by atoms with van der Waals surface area (Å²) >= 11 is 0. The molecule has 0 aliphatic carbocycles. The van der Waals surface area contributed by atoms with Crippen molar-refractivity contribution in [2.75, 3.05) is 0 Å². The maximum atomic E-state index is 11.0. The molecule has 0 aromatic rings. The zero-order valence-electron chi connectivity index (χ0n) is 8.65. The predicted octanol–water partition coefficient (Wildman–Crippen LogP) is -9.21. The smallest absolute Gasteiger partial charge is 0.841 e. The second kappa shape index (κ2) is 11.0. The molecule has 0 aromatic carbocycles. The Kier molecular flexibility index (Phi) is 17.7. The van der Waals surface area contributed by atoms with Crippen molar-refractivity contribution in [3.8, 4) is 0 Å². The minimum absolute atomic E-state index is 0. The SMILES string of the molecule is O=C([O-])CC([O-])(CC(=O)O)C(=O)O.[Cu].[Na+].[Na+]. The number of carboxylic acid groups (broad SMARTS) is 3. The number of carboxylic acids is 3. The van der Waals surface area contributed by atoms with Gasteiger partial charge in [0, 0.05) is 35.1 Å². The van der Waals surface area contributed by atoms with Crippen molar-refractivity contribution in [1.82, 2.24) is 0 Å². The average Bonchev–Trinajstić information content (AvgIpc) is 1.82. The van der Waals surface area contributed by atoms with Gasteiger partial charge in [-0.2, -0.15) is 0 Å². The van der Waals surface area contributed by atoms with E-state index in [2.05, 4.69) is 0 Å². The van der Waals surface area contributed by atoms with E-state index < -0.39 is 36.4 Å². The molecule has 16 heavy (non-hydrogen) atoms. The number of hydrogen-bond donors (Lipinski definition) is 2. The van der Waals surface area contributed by atoms with Gasteiger partial charge in [-0.1, -0.05) is 0 Å². The molecule has 2 N–H and O–H groups in total. The standard InChI is InChI=1S/C6H7O7.Cu.2Na/c7-3(8)1-6(13,5(11)12)2-4(9)10;;;/h1-2H2,(H,7,8)(H,9,10)(H,11,12);;;/q-1;;2*+1/p-1. The van der Waals surface area contributed by atoms with Gasteiger partial charge in [-0.25, -0.2) is 0 Å². The Labute approximate surface area is 146 Å². The Balaban J connectivity index is -0.000000240. The quantitative estimate of drug-likeness (QED) is 0.481. The molecule has 1 radical (unpaired) electrons. The molecule has 0 fully saturated rings. The van der Waals surface area contributed by atoms with Crippen LogP contribution in [0.5, 0.6) is 0 Å². The van der Waals surface area contributed by atoms with E-state index in [1.165, 1.54) is 0 Å². The fraction of sp³-hybridized carbons (Fsp3) is 0.500. The van der Waals surface area contributed by atoms with Crippen molar-refractivity contribution in [3.05, 3.63) is 0 Å². The maximum absolute atomic E-state index is 11.0. The second-order valence-electron chi connectivity index (χ2n) is 2.42. The Hall–Kier alpha value is 0.889. The monoisotopic (exact) mass is 299 g/mol. The van der Waals surface area contributed by atoms with Crippen LogP contribution < -0.4 is 69.3 Å². The molecule has 10 heteroatoms. The molecule has 0 saturated carbocycles. The van der Waals surface area contributed by atoms with Crippen LogP contribution in [-0.2, 0) is 31.5 Å². The fourth-order valence-corrected chi connectivity index (χ4v) is 0.691. The molecule has 85 valence electrons. The van der Waals surface area contributed by atoms with Gasteiger partial charge < -0.3 is 25.2 Å². The number of aliphatic carboxylic acids is 3. The molecule has 0 amide bonds. The zero-order valence-corrected chi connectivity index (χ0v) is 13.6. The Morgan fingerprint density at radius 2 is 1.44 bits per heavy atom. The third-order valence-electron chi connectivity index (χ3n) is 1.26. The van der Waals surface area contributed by atoms with E-state index in [4.69, 9.17) is 10.2 Å². The van der Waals surface area contributed by atoms with E-state index in [9.17, 15) is 24.6 Å². The zero-order chi connectivity index (χ0) is 10.6. The molecule has 0 spiro atoms. The van der Waals surface area contributed by atoms with Gasteiger partial charge in [0.25, 0.3) is 5.97 Å². The van der Waals surface area contributed by atoms with Crippen molar-refractivity contribution in [1.29, 1.82) is 0 Å². The van der Waals surface area contributed by atoms with E-state index in [-0.39, 0.29) is 76.2 Å². The predicted molar refractivity (Wildman–Crippen MR) is 32.2 cm³/mol. The molecule has 1 atom stereocenters. The van der Waals surface area contributed by atoms with Gasteiger partial charge in [-0.05, 0) is 6.42 Å². The van der Waals surface area contributed by atoms with Crippen LogP contribution in [0.4, 0.5) is 0 Å². The number of hydrogen-bond acceptors (Lipinski definition) is 5. The molecule has 0 bridgehead atoms. The van der Waals surface area contributed by atoms with Crippen LogP contribution in [0.1, 0.15) is 12.8 Å². The average molecular weight is 300 g/mol. The largest absolute Gasteiger partial charge is 1.00 e. The molecule has 0 aromatic heterocycles. The molecule has 0 rings (SSSR count). The van der Waals surface area contributed by atoms with E-state index in [0.29, 0.717) is 0 Å². The van der Waals surface area contributed by atoms with Crippen LogP contribution >= 0.6 is 0 Å². The first-order valence-electron chi connectivity index (χ1n) is 3.13. The third-order valence-corrected chi connectivity index (χ3v) is 1.26. The van der Waals surface area contributed by atoms with Gasteiger partial charge >= 0.3 is 65.1 Å². The number of carbonyl (C=O) groups is 3. The normalized spacial score (nSPS) is 11.8. The van der Waals surface area contributed by atoms with E-state index in [0.717, 1.165) is 0 Å². The van der Waals surface area contributed by atoms with Crippen LogP contribution in [0, 0.1) is 0 Å². The summed E-state index contributed by atoms with van der Waals surface area (Å²) in [6.07, 6.45) is -2.66. The van der Waals surface area contributed by atoms with Crippen molar-refractivity contribution in [3.63, 3.8) is 0 Å². The number of carbonyl (C=O) groups excluding carboxylic acids is 1. The molecule has 0 heterocycles. The van der Waals surface area contributed by atoms with Crippen LogP contribution in [0.15, 0.2) is 0 Å². The molecule has 0 aliphatic heterocycles. The van der Waals surface area contributed by atoms with E-state index in [1.807, 2.05) is 0 Å². The summed E-state index contributed by atoms with van der Waals surface area (Å²) in [7, 11) is 0. The van der Waals surface area contributed by atoms with Gasteiger partial charge in [0.1, 0.15) is 0 Å². The molecular formula is C6H6CuNa2O7.